The van der Waals surface area contributed by atoms with Crippen molar-refractivity contribution in [3.8, 4) is 0 Å². The van der Waals surface area contributed by atoms with Gasteiger partial charge < -0.3 is 14.5 Å². The minimum atomic E-state index is 0.487. The fourth-order valence-electron chi connectivity index (χ4n) is 2.22. The molecule has 0 N–H and O–H groups in total. The van der Waals surface area contributed by atoms with Crippen LogP contribution in [-0.4, -0.2) is 63.2 Å². The molecule has 1 fully saturated rings. The van der Waals surface area contributed by atoms with Gasteiger partial charge in [-0.15, -0.1) is 0 Å². The summed E-state index contributed by atoms with van der Waals surface area (Å²) in [4.78, 5) is 8.73. The van der Waals surface area contributed by atoms with E-state index in [1.165, 1.54) is 19.3 Å². The lowest BCUT2D eigenvalue weighted by Gasteiger charge is -2.23. The molecule has 1 aliphatic rings. The zero-order chi connectivity index (χ0) is 12.7. The van der Waals surface area contributed by atoms with Crippen LogP contribution in [0.2, 0.25) is 0 Å². The van der Waals surface area contributed by atoms with E-state index >= 15 is 0 Å². The molecule has 0 bridgehead atoms. The molecule has 0 amide bonds. The van der Waals surface area contributed by atoms with Crippen molar-refractivity contribution in [2.75, 3.05) is 41.3 Å². The summed E-state index contributed by atoms with van der Waals surface area (Å²) in [6.07, 6.45) is 6.56. The summed E-state index contributed by atoms with van der Waals surface area (Å²) in [5.74, 6) is 1.04. The summed E-state index contributed by atoms with van der Waals surface area (Å²) < 4.78 is 5.71. The van der Waals surface area contributed by atoms with E-state index in [4.69, 9.17) is 4.74 Å². The number of aliphatic imine (C=N–C) groups is 1. The Bertz CT molecular complexity index is 223. The number of ether oxygens (including phenoxy) is 1. The van der Waals surface area contributed by atoms with Crippen LogP contribution in [0, 0.1) is 0 Å². The van der Waals surface area contributed by atoms with Crippen LogP contribution >= 0.6 is 0 Å². The number of hydrogen-bond acceptors (Lipinski definition) is 2. The van der Waals surface area contributed by atoms with Crippen LogP contribution in [0.3, 0.4) is 0 Å². The number of rotatable bonds is 4. The minimum Gasteiger partial charge on any atom is -0.378 e. The molecule has 1 atom stereocenters. The third-order valence-corrected chi connectivity index (χ3v) is 3.01. The lowest BCUT2D eigenvalue weighted by atomic mass is 10.1. The van der Waals surface area contributed by atoms with Crippen molar-refractivity contribution in [3.05, 3.63) is 0 Å². The maximum atomic E-state index is 5.71. The molecule has 4 nitrogen and oxygen atoms in total. The van der Waals surface area contributed by atoms with Gasteiger partial charge in [-0.25, -0.2) is 0 Å². The molecule has 0 spiro atoms. The van der Waals surface area contributed by atoms with Crippen LogP contribution < -0.4 is 0 Å². The van der Waals surface area contributed by atoms with Gasteiger partial charge in [0, 0.05) is 41.3 Å². The summed E-state index contributed by atoms with van der Waals surface area (Å²) in [5.41, 5.74) is 0. The number of guanidine groups is 1. The van der Waals surface area contributed by atoms with Gasteiger partial charge in [0.15, 0.2) is 5.96 Å². The summed E-state index contributed by atoms with van der Waals surface area (Å²) in [6, 6.07) is 0. The van der Waals surface area contributed by atoms with E-state index in [9.17, 15) is 0 Å². The van der Waals surface area contributed by atoms with Crippen molar-refractivity contribution >= 4 is 5.96 Å². The second-order valence-corrected chi connectivity index (χ2v) is 5.10. The van der Waals surface area contributed by atoms with E-state index in [-0.39, 0.29) is 0 Å². The van der Waals surface area contributed by atoms with Crippen LogP contribution in [0.1, 0.15) is 32.1 Å². The normalized spacial score (nSPS) is 19.9. The Morgan fingerprint density at radius 2 is 1.88 bits per heavy atom. The van der Waals surface area contributed by atoms with Crippen molar-refractivity contribution in [2.24, 2.45) is 4.99 Å². The van der Waals surface area contributed by atoms with Gasteiger partial charge in [-0.2, -0.15) is 0 Å². The van der Waals surface area contributed by atoms with Crippen LogP contribution in [0.15, 0.2) is 4.99 Å². The van der Waals surface area contributed by atoms with Crippen molar-refractivity contribution in [1.82, 2.24) is 9.80 Å². The first kappa shape index (κ1) is 14.3. The van der Waals surface area contributed by atoms with Gasteiger partial charge in [0.1, 0.15) is 0 Å². The van der Waals surface area contributed by atoms with Crippen molar-refractivity contribution in [2.45, 2.75) is 38.2 Å². The smallest absolute Gasteiger partial charge is 0.195 e. The molecule has 0 aromatic heterocycles. The molecule has 0 saturated carbocycles. The number of nitrogens with zero attached hydrogens (tertiary/aromatic N) is 3. The summed E-state index contributed by atoms with van der Waals surface area (Å²) in [7, 11) is 8.12. The van der Waals surface area contributed by atoms with Gasteiger partial charge >= 0.3 is 0 Å². The van der Waals surface area contributed by atoms with Crippen molar-refractivity contribution in [1.29, 1.82) is 0 Å². The van der Waals surface area contributed by atoms with Crippen molar-refractivity contribution < 1.29 is 4.74 Å². The molecule has 1 heterocycles. The van der Waals surface area contributed by atoms with E-state index in [0.717, 1.165) is 32.0 Å². The van der Waals surface area contributed by atoms with E-state index in [1.807, 2.05) is 28.2 Å². The quantitative estimate of drug-likeness (QED) is 0.427. The molecular formula is C13H27N3O. The highest BCUT2D eigenvalue weighted by atomic mass is 16.5. The molecule has 1 rings (SSSR count). The highest BCUT2D eigenvalue weighted by molar-refractivity contribution is 5.79. The van der Waals surface area contributed by atoms with E-state index in [0.29, 0.717) is 6.10 Å². The average Bonchev–Trinajstić information content (AvgIpc) is 2.29. The predicted molar refractivity (Wildman–Crippen MR) is 72.5 cm³/mol. The second kappa shape index (κ2) is 7.54. The Balaban J connectivity index is 2.22. The van der Waals surface area contributed by atoms with Crippen LogP contribution in [0.4, 0.5) is 0 Å². The first-order chi connectivity index (χ1) is 8.11. The molecule has 100 valence electrons. The largest absolute Gasteiger partial charge is 0.378 e. The molecule has 1 aliphatic heterocycles. The standard InChI is InChI=1S/C13H27N3O/c1-15(2)13(16(3)4)14-10-7-9-12-8-5-6-11-17-12/h12H,5-11H2,1-4H3. The monoisotopic (exact) mass is 241 g/mol. The second-order valence-electron chi connectivity index (χ2n) is 5.10. The van der Waals surface area contributed by atoms with Crippen LogP contribution in [-0.2, 0) is 4.74 Å². The molecule has 0 aliphatic carbocycles. The van der Waals surface area contributed by atoms with Gasteiger partial charge in [0.2, 0.25) is 0 Å². The van der Waals surface area contributed by atoms with Gasteiger partial charge in [0.25, 0.3) is 0 Å². The Morgan fingerprint density at radius 1 is 1.18 bits per heavy atom. The summed E-state index contributed by atoms with van der Waals surface area (Å²) >= 11 is 0. The van der Waals surface area contributed by atoms with Gasteiger partial charge in [-0.3, -0.25) is 4.99 Å². The van der Waals surface area contributed by atoms with E-state index < -0.39 is 0 Å². The Kier molecular flexibility index (Phi) is 6.34. The fourth-order valence-corrected chi connectivity index (χ4v) is 2.22. The zero-order valence-electron chi connectivity index (χ0n) is 11.8. The third kappa shape index (κ3) is 5.39. The first-order valence-electron chi connectivity index (χ1n) is 6.62. The predicted octanol–water partition coefficient (Wildman–Crippen LogP) is 1.81. The average molecular weight is 241 g/mol. The van der Waals surface area contributed by atoms with Crippen LogP contribution in [0.5, 0.6) is 0 Å². The summed E-state index contributed by atoms with van der Waals surface area (Å²) in [6.45, 7) is 1.85. The van der Waals surface area contributed by atoms with Gasteiger partial charge in [-0.1, -0.05) is 0 Å². The fraction of sp³-hybridized carbons (Fsp3) is 0.923. The maximum absolute atomic E-state index is 5.71. The molecule has 1 unspecified atom stereocenters. The molecule has 4 heteroatoms. The minimum absolute atomic E-state index is 0.487. The Labute approximate surface area is 106 Å². The maximum Gasteiger partial charge on any atom is 0.195 e. The lowest BCUT2D eigenvalue weighted by molar-refractivity contribution is 0.0105. The van der Waals surface area contributed by atoms with E-state index in [1.54, 1.807) is 0 Å². The summed E-state index contributed by atoms with van der Waals surface area (Å²) in [5, 5.41) is 0. The Hall–Kier alpha value is -0.770. The lowest BCUT2D eigenvalue weighted by Crippen LogP contribution is -2.35. The molecule has 0 radical (unpaired) electrons. The zero-order valence-corrected chi connectivity index (χ0v) is 11.8. The van der Waals surface area contributed by atoms with E-state index in [2.05, 4.69) is 14.8 Å². The SMILES string of the molecule is CN(C)C(=NCCCC1CCCCO1)N(C)C. The highest BCUT2D eigenvalue weighted by Gasteiger charge is 2.13. The van der Waals surface area contributed by atoms with Crippen LogP contribution in [0.25, 0.3) is 0 Å². The number of hydrogen-bond donors (Lipinski definition) is 0. The van der Waals surface area contributed by atoms with Gasteiger partial charge in [-0.05, 0) is 32.1 Å². The molecule has 0 aromatic carbocycles. The van der Waals surface area contributed by atoms with Gasteiger partial charge in [0.05, 0.1) is 6.10 Å². The first-order valence-corrected chi connectivity index (χ1v) is 6.62. The molecule has 0 aromatic rings. The topological polar surface area (TPSA) is 28.1 Å². The molecule has 17 heavy (non-hydrogen) atoms. The molecule has 1 saturated heterocycles. The third-order valence-electron chi connectivity index (χ3n) is 3.01. The Morgan fingerprint density at radius 3 is 2.41 bits per heavy atom. The van der Waals surface area contributed by atoms with Crippen molar-refractivity contribution in [3.63, 3.8) is 0 Å². The molecular weight excluding hydrogens is 214 g/mol. The highest BCUT2D eigenvalue weighted by Crippen LogP contribution is 2.16.